The van der Waals surface area contributed by atoms with Crippen LogP contribution in [0.15, 0.2) is 18.2 Å². The number of hydrogen-bond donors (Lipinski definition) is 2. The molecule has 0 aromatic heterocycles. The Kier molecular flexibility index (Phi) is 4.36. The minimum Gasteiger partial charge on any atom is -0.389 e. The van der Waals surface area contributed by atoms with E-state index in [2.05, 4.69) is 19.2 Å². The third-order valence-corrected chi connectivity index (χ3v) is 4.48. The summed E-state index contributed by atoms with van der Waals surface area (Å²) in [7, 11) is 0. The minimum atomic E-state index is 0.343. The highest BCUT2D eigenvalue weighted by Crippen LogP contribution is 2.36. The second-order valence-corrected chi connectivity index (χ2v) is 6.99. The molecule has 0 saturated heterocycles. The van der Waals surface area contributed by atoms with E-state index >= 15 is 0 Å². The van der Waals surface area contributed by atoms with E-state index in [-0.39, 0.29) is 0 Å². The van der Waals surface area contributed by atoms with E-state index in [0.29, 0.717) is 21.5 Å². The van der Waals surface area contributed by atoms with Crippen LogP contribution in [-0.4, -0.2) is 11.0 Å². The average molecular weight is 297 g/mol. The number of halogens is 1. The second kappa shape index (κ2) is 5.68. The van der Waals surface area contributed by atoms with Crippen molar-refractivity contribution in [2.24, 2.45) is 11.1 Å². The molecule has 1 aliphatic rings. The van der Waals surface area contributed by atoms with E-state index in [4.69, 9.17) is 29.6 Å². The summed E-state index contributed by atoms with van der Waals surface area (Å²) in [4.78, 5) is 0.343. The first-order valence-electron chi connectivity index (χ1n) is 6.73. The monoisotopic (exact) mass is 296 g/mol. The summed E-state index contributed by atoms with van der Waals surface area (Å²) in [5, 5.41) is 4.18. The molecule has 0 aliphatic heterocycles. The lowest BCUT2D eigenvalue weighted by atomic mass is 9.75. The molecule has 0 radical (unpaired) electrons. The van der Waals surface area contributed by atoms with E-state index < -0.39 is 0 Å². The van der Waals surface area contributed by atoms with Gasteiger partial charge in [0.25, 0.3) is 0 Å². The van der Waals surface area contributed by atoms with Gasteiger partial charge in [-0.2, -0.15) is 0 Å². The summed E-state index contributed by atoms with van der Waals surface area (Å²) >= 11 is 11.1. The zero-order valence-electron chi connectivity index (χ0n) is 11.5. The highest BCUT2D eigenvalue weighted by molar-refractivity contribution is 7.80. The van der Waals surface area contributed by atoms with Crippen molar-refractivity contribution < 1.29 is 0 Å². The van der Waals surface area contributed by atoms with Crippen LogP contribution >= 0.6 is 23.8 Å². The Bertz CT molecular complexity index is 475. The molecule has 1 aromatic carbocycles. The molecule has 0 bridgehead atoms. The van der Waals surface area contributed by atoms with E-state index in [9.17, 15) is 0 Å². The van der Waals surface area contributed by atoms with E-state index in [1.54, 1.807) is 0 Å². The number of rotatable bonds is 3. The molecule has 0 atom stereocenters. The molecule has 0 heterocycles. The predicted octanol–water partition coefficient (Wildman–Crippen LogP) is 4.35. The van der Waals surface area contributed by atoms with E-state index in [1.807, 2.05) is 18.2 Å². The van der Waals surface area contributed by atoms with Crippen molar-refractivity contribution in [1.29, 1.82) is 0 Å². The number of thiocarbonyl (C=S) groups is 1. The van der Waals surface area contributed by atoms with Crippen LogP contribution < -0.4 is 11.1 Å². The van der Waals surface area contributed by atoms with Gasteiger partial charge in [-0.1, -0.05) is 37.7 Å². The molecule has 19 heavy (non-hydrogen) atoms. The average Bonchev–Trinajstić information content (AvgIpc) is 2.31. The lowest BCUT2D eigenvalue weighted by Gasteiger charge is -2.35. The molecule has 2 nitrogen and oxygen atoms in total. The molecule has 1 fully saturated rings. The molecule has 0 amide bonds. The van der Waals surface area contributed by atoms with Crippen molar-refractivity contribution in [1.82, 2.24) is 0 Å². The van der Waals surface area contributed by atoms with Gasteiger partial charge in [0.05, 0.1) is 5.02 Å². The van der Waals surface area contributed by atoms with Crippen molar-refractivity contribution in [2.75, 3.05) is 5.32 Å². The summed E-state index contributed by atoms with van der Waals surface area (Å²) in [6.07, 6.45) is 4.95. The van der Waals surface area contributed by atoms with Crippen LogP contribution in [0.4, 0.5) is 5.69 Å². The molecule has 0 spiro atoms. The Morgan fingerprint density at radius 2 is 2.00 bits per heavy atom. The van der Waals surface area contributed by atoms with Crippen LogP contribution in [0.5, 0.6) is 0 Å². The Balaban J connectivity index is 2.01. The van der Waals surface area contributed by atoms with E-state index in [0.717, 1.165) is 11.3 Å². The summed E-state index contributed by atoms with van der Waals surface area (Å²) < 4.78 is 0. The quantitative estimate of drug-likeness (QED) is 0.814. The molecule has 1 aliphatic carbocycles. The predicted molar refractivity (Wildman–Crippen MR) is 87.0 cm³/mol. The van der Waals surface area contributed by atoms with Crippen molar-refractivity contribution in [3.8, 4) is 0 Å². The lowest BCUT2D eigenvalue weighted by molar-refractivity contribution is 0.232. The zero-order chi connectivity index (χ0) is 14.0. The first kappa shape index (κ1) is 14.6. The number of hydrogen-bond acceptors (Lipinski definition) is 2. The van der Waals surface area contributed by atoms with Crippen LogP contribution in [0.3, 0.4) is 0 Å². The second-order valence-electron chi connectivity index (χ2n) is 6.14. The molecule has 1 aromatic rings. The minimum absolute atomic E-state index is 0.343. The molecule has 2 rings (SSSR count). The number of nitrogens with one attached hydrogen (secondary N) is 1. The summed E-state index contributed by atoms with van der Waals surface area (Å²) in [5.41, 5.74) is 7.89. The van der Waals surface area contributed by atoms with Gasteiger partial charge < -0.3 is 11.1 Å². The molecular weight excluding hydrogens is 276 g/mol. The molecule has 0 unspecified atom stereocenters. The highest BCUT2D eigenvalue weighted by Gasteiger charge is 2.26. The van der Waals surface area contributed by atoms with Crippen molar-refractivity contribution >= 4 is 34.5 Å². The Labute approximate surface area is 125 Å². The van der Waals surface area contributed by atoms with Gasteiger partial charge in [0.2, 0.25) is 0 Å². The first-order chi connectivity index (χ1) is 8.87. The summed E-state index contributed by atoms with van der Waals surface area (Å²) in [5.74, 6) is 0. The Morgan fingerprint density at radius 1 is 1.37 bits per heavy atom. The topological polar surface area (TPSA) is 38.0 Å². The highest BCUT2D eigenvalue weighted by atomic mass is 35.5. The standard InChI is InChI=1S/C15H21ClN2S/c1-15(2)7-5-10(6-8-15)18-11-3-4-12(14(17)19)13(16)9-11/h3-4,9-10,18H,5-8H2,1-2H3,(H2,17,19). The third-order valence-electron chi connectivity index (χ3n) is 3.94. The molecule has 4 heteroatoms. The number of nitrogens with two attached hydrogens (primary N) is 1. The maximum absolute atomic E-state index is 6.18. The third kappa shape index (κ3) is 3.83. The van der Waals surface area contributed by atoms with Gasteiger partial charge in [-0.05, 0) is 49.3 Å². The fourth-order valence-corrected chi connectivity index (χ4v) is 3.10. The van der Waals surface area contributed by atoms with Gasteiger partial charge in [0.1, 0.15) is 4.99 Å². The molecule has 104 valence electrons. The summed E-state index contributed by atoms with van der Waals surface area (Å²) in [6.45, 7) is 4.69. The van der Waals surface area contributed by atoms with Crippen molar-refractivity contribution in [2.45, 2.75) is 45.6 Å². The number of anilines is 1. The SMILES string of the molecule is CC1(C)CCC(Nc2ccc(C(N)=S)c(Cl)c2)CC1. The van der Waals surface area contributed by atoms with E-state index in [1.165, 1.54) is 25.7 Å². The Morgan fingerprint density at radius 3 is 2.53 bits per heavy atom. The van der Waals surface area contributed by atoms with Crippen LogP contribution in [-0.2, 0) is 0 Å². The lowest BCUT2D eigenvalue weighted by Crippen LogP contribution is -2.29. The van der Waals surface area contributed by atoms with Gasteiger partial charge in [0.15, 0.2) is 0 Å². The molecule has 3 N–H and O–H groups in total. The van der Waals surface area contributed by atoms with Crippen LogP contribution in [0.2, 0.25) is 5.02 Å². The van der Waals surface area contributed by atoms with Gasteiger partial charge in [0, 0.05) is 17.3 Å². The fraction of sp³-hybridized carbons (Fsp3) is 0.533. The van der Waals surface area contributed by atoms with Crippen molar-refractivity contribution in [3.63, 3.8) is 0 Å². The summed E-state index contributed by atoms with van der Waals surface area (Å²) in [6, 6.07) is 6.34. The first-order valence-corrected chi connectivity index (χ1v) is 7.52. The normalized spacial score (nSPS) is 19.1. The zero-order valence-corrected chi connectivity index (χ0v) is 13.1. The fourth-order valence-electron chi connectivity index (χ4n) is 2.58. The largest absolute Gasteiger partial charge is 0.389 e. The van der Waals surface area contributed by atoms with Gasteiger partial charge in [-0.3, -0.25) is 0 Å². The van der Waals surface area contributed by atoms with Gasteiger partial charge >= 0.3 is 0 Å². The molecule has 1 saturated carbocycles. The smallest absolute Gasteiger partial charge is 0.105 e. The van der Waals surface area contributed by atoms with Crippen LogP contribution in [0.1, 0.15) is 45.1 Å². The number of benzene rings is 1. The van der Waals surface area contributed by atoms with Gasteiger partial charge in [-0.25, -0.2) is 0 Å². The maximum Gasteiger partial charge on any atom is 0.105 e. The van der Waals surface area contributed by atoms with Crippen LogP contribution in [0.25, 0.3) is 0 Å². The maximum atomic E-state index is 6.18. The van der Waals surface area contributed by atoms with Crippen LogP contribution in [0, 0.1) is 5.41 Å². The Hall–Kier alpha value is -0.800. The van der Waals surface area contributed by atoms with Gasteiger partial charge in [-0.15, -0.1) is 0 Å². The molecular formula is C15H21ClN2S. The van der Waals surface area contributed by atoms with Crippen molar-refractivity contribution in [3.05, 3.63) is 28.8 Å².